The molecular formula is C12H16Cl2FN. The Balaban J connectivity index is 2.66. The van der Waals surface area contributed by atoms with Gasteiger partial charge in [-0.25, -0.2) is 4.39 Å². The van der Waals surface area contributed by atoms with Gasteiger partial charge in [-0.3, -0.25) is 4.90 Å². The quantitative estimate of drug-likeness (QED) is 0.704. The van der Waals surface area contributed by atoms with Gasteiger partial charge in [0, 0.05) is 12.4 Å². The maximum absolute atomic E-state index is 13.2. The van der Waals surface area contributed by atoms with E-state index in [4.69, 9.17) is 23.2 Å². The van der Waals surface area contributed by atoms with E-state index >= 15 is 0 Å². The van der Waals surface area contributed by atoms with Gasteiger partial charge in [0.1, 0.15) is 5.82 Å². The standard InChI is InChI=1S/C12H16Cl2FN/c1-2-16(8-4-7-13)9-10-5-3-6-11(15)12(10)14/h3,5-6H,2,4,7-9H2,1H3. The lowest BCUT2D eigenvalue weighted by atomic mass is 10.2. The number of nitrogens with zero attached hydrogens (tertiary/aromatic N) is 1. The highest BCUT2D eigenvalue weighted by molar-refractivity contribution is 6.31. The molecule has 0 aliphatic heterocycles. The van der Waals surface area contributed by atoms with Crippen molar-refractivity contribution in [3.63, 3.8) is 0 Å². The van der Waals surface area contributed by atoms with E-state index in [1.807, 2.05) is 6.07 Å². The lowest BCUT2D eigenvalue weighted by Gasteiger charge is -2.20. The van der Waals surface area contributed by atoms with Crippen LogP contribution in [-0.4, -0.2) is 23.9 Å². The Morgan fingerprint density at radius 3 is 2.75 bits per heavy atom. The summed E-state index contributed by atoms with van der Waals surface area (Å²) in [6.07, 6.45) is 0.933. The van der Waals surface area contributed by atoms with Crippen molar-refractivity contribution in [2.24, 2.45) is 0 Å². The molecule has 1 aromatic rings. The minimum atomic E-state index is -0.354. The highest BCUT2D eigenvalue weighted by Crippen LogP contribution is 2.21. The van der Waals surface area contributed by atoms with Crippen molar-refractivity contribution in [3.8, 4) is 0 Å². The van der Waals surface area contributed by atoms with E-state index in [2.05, 4.69) is 11.8 Å². The van der Waals surface area contributed by atoms with Crippen molar-refractivity contribution >= 4 is 23.2 Å². The molecule has 4 heteroatoms. The smallest absolute Gasteiger partial charge is 0.142 e. The van der Waals surface area contributed by atoms with Crippen molar-refractivity contribution in [2.45, 2.75) is 19.9 Å². The van der Waals surface area contributed by atoms with Gasteiger partial charge in [0.05, 0.1) is 5.02 Å². The average molecular weight is 264 g/mol. The molecule has 0 heterocycles. The zero-order chi connectivity index (χ0) is 12.0. The molecule has 0 aromatic heterocycles. The second-order valence-corrected chi connectivity index (χ2v) is 4.38. The van der Waals surface area contributed by atoms with Gasteiger partial charge in [0.25, 0.3) is 0 Å². The number of rotatable bonds is 6. The minimum Gasteiger partial charge on any atom is -0.299 e. The highest BCUT2D eigenvalue weighted by Gasteiger charge is 2.09. The highest BCUT2D eigenvalue weighted by atomic mass is 35.5. The summed E-state index contributed by atoms with van der Waals surface area (Å²) in [6.45, 7) is 4.56. The summed E-state index contributed by atoms with van der Waals surface area (Å²) in [6, 6.07) is 4.92. The van der Waals surface area contributed by atoms with Crippen LogP contribution in [0.2, 0.25) is 5.02 Å². The fourth-order valence-electron chi connectivity index (χ4n) is 1.54. The molecule has 0 N–H and O–H groups in total. The van der Waals surface area contributed by atoms with Crippen molar-refractivity contribution in [3.05, 3.63) is 34.6 Å². The van der Waals surface area contributed by atoms with Gasteiger partial charge in [-0.15, -0.1) is 11.6 Å². The second-order valence-electron chi connectivity index (χ2n) is 3.62. The van der Waals surface area contributed by atoms with Gasteiger partial charge in [0.15, 0.2) is 0 Å². The summed E-state index contributed by atoms with van der Waals surface area (Å²) >= 11 is 11.5. The molecule has 0 spiro atoms. The second kappa shape index (κ2) is 7.10. The summed E-state index contributed by atoms with van der Waals surface area (Å²) in [7, 11) is 0. The van der Waals surface area contributed by atoms with E-state index in [1.54, 1.807) is 6.07 Å². The Labute approximate surface area is 106 Å². The number of benzene rings is 1. The van der Waals surface area contributed by atoms with Gasteiger partial charge >= 0.3 is 0 Å². The number of hydrogen-bond acceptors (Lipinski definition) is 1. The van der Waals surface area contributed by atoms with Crippen LogP contribution in [0.4, 0.5) is 4.39 Å². The maximum atomic E-state index is 13.2. The van der Waals surface area contributed by atoms with Crippen LogP contribution in [0, 0.1) is 5.82 Å². The lowest BCUT2D eigenvalue weighted by molar-refractivity contribution is 0.281. The zero-order valence-electron chi connectivity index (χ0n) is 9.35. The van der Waals surface area contributed by atoms with Gasteiger partial charge in [-0.05, 0) is 31.1 Å². The van der Waals surface area contributed by atoms with Crippen LogP contribution in [0.3, 0.4) is 0 Å². The van der Waals surface area contributed by atoms with Gasteiger partial charge < -0.3 is 0 Å². The minimum absolute atomic E-state index is 0.229. The predicted octanol–water partition coefficient (Wildman–Crippen LogP) is 3.93. The third-order valence-corrected chi connectivity index (χ3v) is 3.17. The zero-order valence-corrected chi connectivity index (χ0v) is 10.9. The third kappa shape index (κ3) is 3.93. The monoisotopic (exact) mass is 263 g/mol. The number of alkyl halides is 1. The molecule has 0 fully saturated rings. The van der Waals surface area contributed by atoms with Crippen molar-refractivity contribution in [2.75, 3.05) is 19.0 Å². The van der Waals surface area contributed by atoms with Gasteiger partial charge in [0.2, 0.25) is 0 Å². The average Bonchev–Trinajstić information content (AvgIpc) is 2.30. The van der Waals surface area contributed by atoms with E-state index in [0.29, 0.717) is 12.4 Å². The fourth-order valence-corrected chi connectivity index (χ4v) is 1.85. The molecular weight excluding hydrogens is 248 g/mol. The Bertz CT molecular complexity index is 331. The van der Waals surface area contributed by atoms with E-state index in [9.17, 15) is 4.39 Å². The van der Waals surface area contributed by atoms with Crippen molar-refractivity contribution in [1.82, 2.24) is 4.90 Å². The first-order valence-electron chi connectivity index (χ1n) is 5.40. The van der Waals surface area contributed by atoms with Gasteiger partial charge in [-0.1, -0.05) is 30.7 Å². The van der Waals surface area contributed by atoms with E-state index < -0.39 is 0 Å². The number of hydrogen-bond donors (Lipinski definition) is 0. The topological polar surface area (TPSA) is 3.24 Å². The molecule has 1 aromatic carbocycles. The SMILES string of the molecule is CCN(CCCCl)Cc1cccc(F)c1Cl. The van der Waals surface area contributed by atoms with Crippen LogP contribution >= 0.6 is 23.2 Å². The largest absolute Gasteiger partial charge is 0.299 e. The van der Waals surface area contributed by atoms with Crippen LogP contribution in [-0.2, 0) is 6.54 Å². The summed E-state index contributed by atoms with van der Waals surface area (Å²) in [5.41, 5.74) is 0.832. The van der Waals surface area contributed by atoms with Crippen LogP contribution in [0.5, 0.6) is 0 Å². The molecule has 0 atom stereocenters. The Hall–Kier alpha value is -0.310. The van der Waals surface area contributed by atoms with E-state index in [-0.39, 0.29) is 10.8 Å². The molecule has 90 valence electrons. The van der Waals surface area contributed by atoms with Crippen molar-refractivity contribution in [1.29, 1.82) is 0 Å². The summed E-state index contributed by atoms with van der Waals surface area (Å²) in [4.78, 5) is 2.20. The molecule has 0 aliphatic carbocycles. The first kappa shape index (κ1) is 13.8. The van der Waals surface area contributed by atoms with Crippen LogP contribution in [0.15, 0.2) is 18.2 Å². The molecule has 1 rings (SSSR count). The molecule has 0 amide bonds. The van der Waals surface area contributed by atoms with Crippen molar-refractivity contribution < 1.29 is 4.39 Å². The Kier molecular flexibility index (Phi) is 6.10. The normalized spacial score (nSPS) is 11.1. The molecule has 0 saturated heterocycles. The van der Waals surface area contributed by atoms with Crippen LogP contribution < -0.4 is 0 Å². The van der Waals surface area contributed by atoms with Gasteiger partial charge in [-0.2, -0.15) is 0 Å². The fraction of sp³-hybridized carbons (Fsp3) is 0.500. The Morgan fingerprint density at radius 2 is 2.12 bits per heavy atom. The molecule has 0 bridgehead atoms. The van der Waals surface area contributed by atoms with E-state index in [0.717, 1.165) is 25.1 Å². The predicted molar refractivity (Wildman–Crippen MR) is 67.7 cm³/mol. The summed E-state index contributed by atoms with van der Waals surface area (Å²) in [5.74, 6) is 0.292. The lowest BCUT2D eigenvalue weighted by Crippen LogP contribution is -2.24. The first-order valence-corrected chi connectivity index (χ1v) is 6.31. The molecule has 1 nitrogen and oxygen atoms in total. The molecule has 0 unspecified atom stereocenters. The molecule has 0 radical (unpaired) electrons. The molecule has 0 aliphatic rings. The third-order valence-electron chi connectivity index (χ3n) is 2.48. The number of halogens is 3. The molecule has 16 heavy (non-hydrogen) atoms. The Morgan fingerprint density at radius 1 is 1.38 bits per heavy atom. The van der Waals surface area contributed by atoms with E-state index in [1.165, 1.54) is 6.07 Å². The first-order chi connectivity index (χ1) is 7.69. The molecule has 0 saturated carbocycles. The summed E-state index contributed by atoms with van der Waals surface area (Å²) in [5, 5.41) is 0.229. The summed E-state index contributed by atoms with van der Waals surface area (Å²) < 4.78 is 13.2. The van der Waals surface area contributed by atoms with Crippen LogP contribution in [0.1, 0.15) is 18.9 Å². The maximum Gasteiger partial charge on any atom is 0.142 e. The van der Waals surface area contributed by atoms with Crippen LogP contribution in [0.25, 0.3) is 0 Å².